The van der Waals surface area contributed by atoms with Gasteiger partial charge in [0.25, 0.3) is 0 Å². The quantitative estimate of drug-likeness (QED) is 0.446. The van der Waals surface area contributed by atoms with Gasteiger partial charge in [-0.1, -0.05) is 11.3 Å². The second-order valence-corrected chi connectivity index (χ2v) is 7.17. The Kier molecular flexibility index (Phi) is 6.03. The Morgan fingerprint density at radius 2 is 2.08 bits per heavy atom. The predicted octanol–water partition coefficient (Wildman–Crippen LogP) is 3.19. The third kappa shape index (κ3) is 5.62. The molecule has 9 nitrogen and oxygen atoms in total. The van der Waals surface area contributed by atoms with Gasteiger partial charge in [-0.3, -0.25) is 10.1 Å². The van der Waals surface area contributed by atoms with Crippen LogP contribution in [0, 0.1) is 15.9 Å². The summed E-state index contributed by atoms with van der Waals surface area (Å²) in [5.74, 6) is -0.932. The minimum atomic E-state index is -0.932. The van der Waals surface area contributed by atoms with E-state index in [1.54, 1.807) is 20.8 Å². The van der Waals surface area contributed by atoms with Crippen molar-refractivity contribution >= 4 is 28.2 Å². The monoisotopic (exact) mass is 383 g/mol. The van der Waals surface area contributed by atoms with E-state index in [9.17, 15) is 19.3 Å². The van der Waals surface area contributed by atoms with E-state index in [4.69, 9.17) is 4.74 Å². The van der Waals surface area contributed by atoms with Crippen molar-refractivity contribution in [1.29, 1.82) is 0 Å². The first-order valence-electron chi connectivity index (χ1n) is 7.64. The molecule has 2 rings (SSSR count). The van der Waals surface area contributed by atoms with Gasteiger partial charge in [-0.15, -0.1) is 10.2 Å². The topological polar surface area (TPSA) is 119 Å². The van der Waals surface area contributed by atoms with Crippen molar-refractivity contribution in [2.75, 3.05) is 18.4 Å². The molecule has 140 valence electrons. The molecule has 0 aliphatic rings. The van der Waals surface area contributed by atoms with Gasteiger partial charge in [-0.2, -0.15) is 4.39 Å². The summed E-state index contributed by atoms with van der Waals surface area (Å²) in [5, 5.41) is 24.9. The lowest BCUT2D eigenvalue weighted by Gasteiger charge is -2.19. The number of aromatic nitrogens is 2. The van der Waals surface area contributed by atoms with Gasteiger partial charge in [0.15, 0.2) is 0 Å². The van der Waals surface area contributed by atoms with Gasteiger partial charge < -0.3 is 15.4 Å². The molecule has 2 N–H and O–H groups in total. The van der Waals surface area contributed by atoms with Crippen molar-refractivity contribution in [3.63, 3.8) is 0 Å². The lowest BCUT2D eigenvalue weighted by molar-refractivity contribution is -0.387. The number of hydrogen-bond donors (Lipinski definition) is 2. The molecule has 26 heavy (non-hydrogen) atoms. The minimum absolute atomic E-state index is 0.315. The predicted molar refractivity (Wildman–Crippen MR) is 94.7 cm³/mol. The number of hydrogen-bond acceptors (Lipinski definition) is 8. The van der Waals surface area contributed by atoms with Crippen LogP contribution in [0.2, 0.25) is 0 Å². The summed E-state index contributed by atoms with van der Waals surface area (Å²) in [5.41, 5.74) is -0.763. The molecule has 0 fully saturated rings. The zero-order valence-corrected chi connectivity index (χ0v) is 15.2. The van der Waals surface area contributed by atoms with Crippen molar-refractivity contribution in [3.8, 4) is 10.6 Å². The van der Waals surface area contributed by atoms with Crippen molar-refractivity contribution < 1.29 is 18.8 Å². The van der Waals surface area contributed by atoms with E-state index >= 15 is 0 Å². The fourth-order valence-electron chi connectivity index (χ4n) is 1.85. The SMILES string of the molecule is CC(C)(C)OC(=O)NCCNc1nnc(-c2ccc([N+](=O)[O-])c(F)c2)s1. The molecule has 0 atom stereocenters. The third-order valence-electron chi connectivity index (χ3n) is 2.89. The fourth-order valence-corrected chi connectivity index (χ4v) is 2.61. The molecule has 0 unspecified atom stereocenters. The molecular formula is C15H18FN5O4S. The van der Waals surface area contributed by atoms with Crippen molar-refractivity contribution in [2.24, 2.45) is 0 Å². The van der Waals surface area contributed by atoms with Crippen molar-refractivity contribution in [1.82, 2.24) is 15.5 Å². The normalized spacial score (nSPS) is 11.1. The number of nitro groups is 1. The van der Waals surface area contributed by atoms with E-state index in [0.29, 0.717) is 28.8 Å². The van der Waals surface area contributed by atoms with Crippen LogP contribution in [0.15, 0.2) is 18.2 Å². The molecular weight excluding hydrogens is 365 g/mol. The lowest BCUT2D eigenvalue weighted by atomic mass is 10.2. The van der Waals surface area contributed by atoms with Crippen LogP contribution < -0.4 is 10.6 Å². The van der Waals surface area contributed by atoms with Crippen LogP contribution in [0.3, 0.4) is 0 Å². The average Bonchev–Trinajstić information content (AvgIpc) is 2.98. The molecule has 0 radical (unpaired) electrons. The third-order valence-corrected chi connectivity index (χ3v) is 3.82. The molecule has 11 heteroatoms. The maximum Gasteiger partial charge on any atom is 0.407 e. The van der Waals surface area contributed by atoms with Crippen LogP contribution in [0.4, 0.5) is 20.0 Å². The standard InChI is InChI=1S/C15H18FN5O4S/c1-15(2,3)25-14(22)18-7-6-17-13-20-19-12(26-13)9-4-5-11(21(23)24)10(16)8-9/h4-5,8H,6-7H2,1-3H3,(H,17,20)(H,18,22). The van der Waals surface area contributed by atoms with Gasteiger partial charge in [0.1, 0.15) is 10.6 Å². The molecule has 1 amide bonds. The number of carbonyl (C=O) groups is 1. The number of carbonyl (C=O) groups excluding carboxylic acids is 1. The highest BCUT2D eigenvalue weighted by atomic mass is 32.1. The van der Waals surface area contributed by atoms with Crippen LogP contribution in [-0.4, -0.2) is 39.9 Å². The van der Waals surface area contributed by atoms with Crippen molar-refractivity contribution in [3.05, 3.63) is 34.1 Å². The molecule has 2 aromatic rings. The van der Waals surface area contributed by atoms with Gasteiger partial charge in [-0.05, 0) is 32.9 Å². The Bertz CT molecular complexity index is 806. The second-order valence-electron chi connectivity index (χ2n) is 6.19. The van der Waals surface area contributed by atoms with Crippen LogP contribution in [-0.2, 0) is 4.74 Å². The molecule has 0 saturated heterocycles. The molecule has 0 spiro atoms. The van der Waals surface area contributed by atoms with E-state index in [-0.39, 0.29) is 0 Å². The summed E-state index contributed by atoms with van der Waals surface area (Å²) in [6, 6.07) is 3.55. The number of halogens is 1. The Morgan fingerprint density at radius 3 is 2.69 bits per heavy atom. The highest BCUT2D eigenvalue weighted by Gasteiger charge is 2.17. The average molecular weight is 383 g/mol. The summed E-state index contributed by atoms with van der Waals surface area (Å²) in [6.45, 7) is 6.02. The number of ether oxygens (including phenoxy) is 1. The van der Waals surface area contributed by atoms with Crippen LogP contribution in [0.25, 0.3) is 10.6 Å². The van der Waals surface area contributed by atoms with Gasteiger partial charge in [0.2, 0.25) is 10.9 Å². The van der Waals surface area contributed by atoms with E-state index < -0.39 is 28.1 Å². The highest BCUT2D eigenvalue weighted by Crippen LogP contribution is 2.29. The van der Waals surface area contributed by atoms with Gasteiger partial charge >= 0.3 is 11.8 Å². The molecule has 0 saturated carbocycles. The summed E-state index contributed by atoms with van der Waals surface area (Å²) >= 11 is 1.16. The zero-order valence-electron chi connectivity index (χ0n) is 14.4. The Hall–Kier alpha value is -2.82. The maximum absolute atomic E-state index is 13.7. The first kappa shape index (κ1) is 19.5. The van der Waals surface area contributed by atoms with E-state index in [0.717, 1.165) is 23.5 Å². The number of nitro benzene ring substituents is 1. The second kappa shape index (κ2) is 8.04. The summed E-state index contributed by atoms with van der Waals surface area (Å²) in [7, 11) is 0. The molecule has 1 aromatic heterocycles. The minimum Gasteiger partial charge on any atom is -0.444 e. The zero-order chi connectivity index (χ0) is 19.3. The maximum atomic E-state index is 13.7. The summed E-state index contributed by atoms with van der Waals surface area (Å²) < 4.78 is 18.8. The number of nitrogens with zero attached hydrogens (tertiary/aromatic N) is 3. The van der Waals surface area contributed by atoms with Crippen LogP contribution in [0.1, 0.15) is 20.8 Å². The van der Waals surface area contributed by atoms with E-state index in [1.165, 1.54) is 6.07 Å². The number of nitrogens with one attached hydrogen (secondary N) is 2. The molecule has 0 bridgehead atoms. The Labute approximate surface area is 152 Å². The highest BCUT2D eigenvalue weighted by molar-refractivity contribution is 7.18. The largest absolute Gasteiger partial charge is 0.444 e. The fraction of sp³-hybridized carbons (Fsp3) is 0.400. The molecule has 1 aromatic carbocycles. The van der Waals surface area contributed by atoms with Gasteiger partial charge in [0, 0.05) is 24.7 Å². The first-order valence-corrected chi connectivity index (χ1v) is 8.46. The number of alkyl carbamates (subject to hydrolysis) is 1. The Morgan fingerprint density at radius 1 is 1.35 bits per heavy atom. The smallest absolute Gasteiger partial charge is 0.407 e. The number of anilines is 1. The first-order chi connectivity index (χ1) is 12.2. The Balaban J connectivity index is 1.87. The van der Waals surface area contributed by atoms with Crippen molar-refractivity contribution in [2.45, 2.75) is 26.4 Å². The van der Waals surface area contributed by atoms with Crippen LogP contribution in [0.5, 0.6) is 0 Å². The molecule has 1 heterocycles. The van der Waals surface area contributed by atoms with E-state index in [1.807, 2.05) is 0 Å². The van der Waals surface area contributed by atoms with Gasteiger partial charge in [0.05, 0.1) is 4.92 Å². The molecule has 0 aliphatic carbocycles. The summed E-state index contributed by atoms with van der Waals surface area (Å²) in [6.07, 6.45) is -0.515. The summed E-state index contributed by atoms with van der Waals surface area (Å²) in [4.78, 5) is 21.3. The lowest BCUT2D eigenvalue weighted by Crippen LogP contribution is -2.34. The van der Waals surface area contributed by atoms with E-state index in [2.05, 4.69) is 20.8 Å². The number of amides is 1. The van der Waals surface area contributed by atoms with Gasteiger partial charge in [-0.25, -0.2) is 4.79 Å². The van der Waals surface area contributed by atoms with Crippen LogP contribution >= 0.6 is 11.3 Å². The molecule has 0 aliphatic heterocycles. The number of benzene rings is 1. The number of rotatable bonds is 6.